The maximum absolute atomic E-state index is 13.2. The van der Waals surface area contributed by atoms with Gasteiger partial charge in [0.1, 0.15) is 5.75 Å². The molecule has 1 aliphatic rings. The molecule has 2 amide bonds. The van der Waals surface area contributed by atoms with Crippen molar-refractivity contribution in [3.05, 3.63) is 81.5 Å². The second kappa shape index (κ2) is 8.09. The molecule has 1 aliphatic heterocycles. The number of hydrogen-bond acceptors (Lipinski definition) is 4. The second-order valence-electron chi connectivity index (χ2n) is 7.08. The quantitative estimate of drug-likeness (QED) is 0.688. The van der Waals surface area contributed by atoms with Gasteiger partial charge in [-0.15, -0.1) is 11.3 Å². The van der Waals surface area contributed by atoms with E-state index in [0.29, 0.717) is 17.0 Å². The van der Waals surface area contributed by atoms with Crippen molar-refractivity contribution in [1.29, 1.82) is 0 Å². The summed E-state index contributed by atoms with van der Waals surface area (Å²) in [7, 11) is 1.61. The first-order valence-corrected chi connectivity index (χ1v) is 10.4. The van der Waals surface area contributed by atoms with Crippen molar-refractivity contribution in [2.24, 2.45) is 0 Å². The van der Waals surface area contributed by atoms with Crippen molar-refractivity contribution in [3.63, 3.8) is 0 Å². The number of anilines is 1. The third-order valence-corrected chi connectivity index (χ3v) is 5.99. The van der Waals surface area contributed by atoms with Crippen LogP contribution in [0.2, 0.25) is 0 Å². The number of carbonyl (C=O) groups is 2. The smallest absolute Gasteiger partial charge is 0.261 e. The molecule has 148 valence electrons. The molecule has 0 fully saturated rings. The number of fused-ring (bicyclic) bond motifs is 1. The fraction of sp³-hybridized carbons (Fsp3) is 0.217. The number of hydrogen-bond donors (Lipinski definition) is 1. The Bertz CT molecular complexity index is 1030. The van der Waals surface area contributed by atoms with Crippen LogP contribution < -0.4 is 15.0 Å². The topological polar surface area (TPSA) is 58.6 Å². The molecule has 0 saturated carbocycles. The summed E-state index contributed by atoms with van der Waals surface area (Å²) < 4.78 is 5.18. The highest BCUT2D eigenvalue weighted by Crippen LogP contribution is 2.34. The van der Waals surface area contributed by atoms with Gasteiger partial charge in [0, 0.05) is 23.8 Å². The van der Waals surface area contributed by atoms with Gasteiger partial charge in [-0.2, -0.15) is 0 Å². The number of methoxy groups -OCH3 is 1. The van der Waals surface area contributed by atoms with Gasteiger partial charge in [-0.3, -0.25) is 9.59 Å². The molecule has 4 rings (SSSR count). The molecule has 29 heavy (non-hydrogen) atoms. The summed E-state index contributed by atoms with van der Waals surface area (Å²) in [5.41, 5.74) is 3.66. The average molecular weight is 407 g/mol. The van der Waals surface area contributed by atoms with E-state index >= 15 is 0 Å². The van der Waals surface area contributed by atoms with Gasteiger partial charge >= 0.3 is 0 Å². The van der Waals surface area contributed by atoms with E-state index in [0.717, 1.165) is 29.0 Å². The van der Waals surface area contributed by atoms with Gasteiger partial charge in [0.25, 0.3) is 11.8 Å². The zero-order valence-electron chi connectivity index (χ0n) is 16.3. The van der Waals surface area contributed by atoms with Crippen molar-refractivity contribution in [2.75, 3.05) is 12.0 Å². The lowest BCUT2D eigenvalue weighted by Gasteiger charge is -2.23. The van der Waals surface area contributed by atoms with Crippen LogP contribution in [0.1, 0.15) is 38.1 Å². The second-order valence-corrected chi connectivity index (χ2v) is 8.03. The molecule has 1 N–H and O–H groups in total. The predicted octanol–water partition coefficient (Wildman–Crippen LogP) is 4.28. The van der Waals surface area contributed by atoms with E-state index < -0.39 is 0 Å². The third-order valence-electron chi connectivity index (χ3n) is 5.12. The number of benzene rings is 2. The minimum atomic E-state index is -0.0833. The fourth-order valence-electron chi connectivity index (χ4n) is 3.62. The van der Waals surface area contributed by atoms with Crippen molar-refractivity contribution in [3.8, 4) is 5.75 Å². The number of ether oxygens (including phenoxy) is 1. The minimum absolute atomic E-state index is 0.0290. The molecule has 0 unspecified atom stereocenters. The summed E-state index contributed by atoms with van der Waals surface area (Å²) in [5, 5.41) is 4.83. The molecular formula is C23H22N2O3S. The van der Waals surface area contributed by atoms with Crippen molar-refractivity contribution >= 4 is 28.8 Å². The molecule has 2 aromatic carbocycles. The molecule has 0 bridgehead atoms. The van der Waals surface area contributed by atoms with E-state index in [1.807, 2.05) is 28.5 Å². The molecule has 5 nitrogen and oxygen atoms in total. The van der Waals surface area contributed by atoms with Crippen molar-refractivity contribution in [2.45, 2.75) is 25.9 Å². The molecule has 1 aromatic heterocycles. The standard InChI is InChI=1S/C23H22N2O3S/c1-15-12-18-6-5-16(14-24-22(26)21-4-3-11-29-21)13-20(18)25(15)23(27)17-7-9-19(28-2)10-8-17/h3-11,13,15H,12,14H2,1-2H3,(H,24,26)/t15-/m0/s1. The summed E-state index contributed by atoms with van der Waals surface area (Å²) in [6.07, 6.45) is 0.819. The molecule has 3 aromatic rings. The molecule has 6 heteroatoms. The highest BCUT2D eigenvalue weighted by molar-refractivity contribution is 7.12. The lowest BCUT2D eigenvalue weighted by molar-refractivity contribution is 0.0952. The van der Waals surface area contributed by atoms with Crippen molar-refractivity contribution in [1.82, 2.24) is 5.32 Å². The summed E-state index contributed by atoms with van der Waals surface area (Å²) in [6, 6.07) is 17.0. The highest BCUT2D eigenvalue weighted by atomic mass is 32.1. The maximum atomic E-state index is 13.2. The predicted molar refractivity (Wildman–Crippen MR) is 115 cm³/mol. The van der Waals surface area contributed by atoms with Crippen LogP contribution in [0.5, 0.6) is 5.75 Å². The fourth-order valence-corrected chi connectivity index (χ4v) is 4.26. The monoisotopic (exact) mass is 406 g/mol. The van der Waals surface area contributed by atoms with Crippen LogP contribution in [-0.2, 0) is 13.0 Å². The lowest BCUT2D eigenvalue weighted by Crippen LogP contribution is -2.35. The first-order chi connectivity index (χ1) is 14.1. The van der Waals surface area contributed by atoms with Gasteiger partial charge in [-0.25, -0.2) is 0 Å². The number of carbonyl (C=O) groups excluding carboxylic acids is 2. The van der Waals surface area contributed by atoms with Gasteiger partial charge in [0.15, 0.2) is 0 Å². The van der Waals surface area contributed by atoms with E-state index in [2.05, 4.69) is 18.3 Å². The van der Waals surface area contributed by atoms with E-state index in [-0.39, 0.29) is 17.9 Å². The molecular weight excluding hydrogens is 384 g/mol. The van der Waals surface area contributed by atoms with Crippen LogP contribution in [-0.4, -0.2) is 25.0 Å². The first-order valence-electron chi connectivity index (χ1n) is 9.48. The van der Waals surface area contributed by atoms with Crippen LogP contribution in [0.4, 0.5) is 5.69 Å². The lowest BCUT2D eigenvalue weighted by atomic mass is 10.1. The summed E-state index contributed by atoms with van der Waals surface area (Å²) >= 11 is 1.42. The Morgan fingerprint density at radius 2 is 1.97 bits per heavy atom. The molecule has 0 aliphatic carbocycles. The van der Waals surface area contributed by atoms with E-state index in [1.54, 1.807) is 37.4 Å². The number of amides is 2. The van der Waals surface area contributed by atoms with E-state index in [1.165, 1.54) is 11.3 Å². The number of thiophene rings is 1. The third kappa shape index (κ3) is 3.89. The Labute approximate surface area is 173 Å². The number of nitrogens with one attached hydrogen (secondary N) is 1. The van der Waals surface area contributed by atoms with Gasteiger partial charge in [-0.1, -0.05) is 18.2 Å². The SMILES string of the molecule is COc1ccc(C(=O)N2c3cc(CNC(=O)c4cccs4)ccc3C[C@@H]2C)cc1. The maximum Gasteiger partial charge on any atom is 0.261 e. The van der Waals surface area contributed by atoms with E-state index in [9.17, 15) is 9.59 Å². The summed E-state index contributed by atoms with van der Waals surface area (Å²) in [4.78, 5) is 27.9. The molecule has 0 radical (unpaired) electrons. The van der Waals surface area contributed by atoms with Crippen LogP contribution in [0.3, 0.4) is 0 Å². The molecule has 0 spiro atoms. The zero-order valence-corrected chi connectivity index (χ0v) is 17.2. The summed E-state index contributed by atoms with van der Waals surface area (Å²) in [6.45, 7) is 2.47. The van der Waals surface area contributed by atoms with Gasteiger partial charge in [0.2, 0.25) is 0 Å². The molecule has 1 atom stereocenters. The number of nitrogens with zero attached hydrogens (tertiary/aromatic N) is 1. The number of rotatable bonds is 5. The summed E-state index contributed by atoms with van der Waals surface area (Å²) in [5.74, 6) is 0.610. The van der Waals surface area contributed by atoms with Gasteiger partial charge in [-0.05, 0) is 66.2 Å². The van der Waals surface area contributed by atoms with Crippen LogP contribution >= 0.6 is 11.3 Å². The van der Waals surface area contributed by atoms with Gasteiger partial charge in [0.05, 0.1) is 12.0 Å². The Morgan fingerprint density at radius 3 is 2.66 bits per heavy atom. The Hall–Kier alpha value is -3.12. The van der Waals surface area contributed by atoms with E-state index in [4.69, 9.17) is 4.74 Å². The first kappa shape index (κ1) is 19.2. The Balaban J connectivity index is 1.53. The largest absolute Gasteiger partial charge is 0.497 e. The van der Waals surface area contributed by atoms with Gasteiger partial charge < -0.3 is 15.0 Å². The average Bonchev–Trinajstić information content (AvgIpc) is 3.39. The van der Waals surface area contributed by atoms with Crippen LogP contribution in [0, 0.1) is 0 Å². The molecule has 2 heterocycles. The van der Waals surface area contributed by atoms with Crippen LogP contribution in [0.25, 0.3) is 0 Å². The Morgan fingerprint density at radius 1 is 1.17 bits per heavy atom. The zero-order chi connectivity index (χ0) is 20.4. The Kier molecular flexibility index (Phi) is 5.36. The highest BCUT2D eigenvalue weighted by Gasteiger charge is 2.31. The van der Waals surface area contributed by atoms with Crippen molar-refractivity contribution < 1.29 is 14.3 Å². The molecule has 0 saturated heterocycles. The van der Waals surface area contributed by atoms with Crippen LogP contribution in [0.15, 0.2) is 60.0 Å². The normalized spacial score (nSPS) is 15.1. The minimum Gasteiger partial charge on any atom is -0.497 e.